The van der Waals surface area contributed by atoms with Crippen molar-refractivity contribution < 1.29 is 14.6 Å². The molecule has 2 saturated carbocycles. The first-order valence-corrected chi connectivity index (χ1v) is 7.74. The molecule has 0 radical (unpaired) electrons. The Hall–Kier alpha value is -1.26. The summed E-state index contributed by atoms with van der Waals surface area (Å²) < 4.78 is 10.7. The topological polar surface area (TPSA) is 64.7 Å². The molecule has 0 aromatic heterocycles. The van der Waals surface area contributed by atoms with Gasteiger partial charge in [0, 0.05) is 23.6 Å². The molecular formula is C17H25NO3. The first-order chi connectivity index (χ1) is 10.1. The van der Waals surface area contributed by atoms with E-state index in [4.69, 9.17) is 15.2 Å². The molecule has 3 rings (SSSR count). The highest BCUT2D eigenvalue weighted by molar-refractivity contribution is 5.43. The van der Waals surface area contributed by atoms with Gasteiger partial charge in [-0.15, -0.1) is 0 Å². The van der Waals surface area contributed by atoms with E-state index in [1.807, 2.05) is 18.2 Å². The molecule has 0 spiro atoms. The second kappa shape index (κ2) is 5.50. The summed E-state index contributed by atoms with van der Waals surface area (Å²) in [6, 6.07) is 5.61. The number of methoxy groups -OCH3 is 2. The summed E-state index contributed by atoms with van der Waals surface area (Å²) in [5, 5.41) is 11.1. The quantitative estimate of drug-likeness (QED) is 0.875. The lowest BCUT2D eigenvalue weighted by Crippen LogP contribution is -2.41. The van der Waals surface area contributed by atoms with Crippen LogP contribution < -0.4 is 15.2 Å². The Morgan fingerprint density at radius 1 is 1.33 bits per heavy atom. The van der Waals surface area contributed by atoms with Gasteiger partial charge in [0.15, 0.2) is 0 Å². The van der Waals surface area contributed by atoms with Gasteiger partial charge in [-0.05, 0) is 43.2 Å². The molecule has 2 bridgehead atoms. The average molecular weight is 291 g/mol. The third kappa shape index (κ3) is 2.21. The number of nitrogens with two attached hydrogens (primary N) is 1. The number of ether oxygens (including phenoxy) is 2. The Bertz CT molecular complexity index is 519. The maximum absolute atomic E-state index is 11.1. The number of benzene rings is 1. The van der Waals surface area contributed by atoms with Crippen LogP contribution in [0.3, 0.4) is 0 Å². The van der Waals surface area contributed by atoms with Crippen LogP contribution >= 0.6 is 0 Å². The number of rotatable bonds is 5. The van der Waals surface area contributed by atoms with Crippen molar-refractivity contribution in [3.63, 3.8) is 0 Å². The van der Waals surface area contributed by atoms with Crippen LogP contribution in [-0.4, -0.2) is 25.9 Å². The van der Waals surface area contributed by atoms with E-state index >= 15 is 0 Å². The Morgan fingerprint density at radius 3 is 2.67 bits per heavy atom. The zero-order valence-corrected chi connectivity index (χ0v) is 12.8. The lowest BCUT2D eigenvalue weighted by molar-refractivity contribution is -0.0143. The first kappa shape index (κ1) is 14.7. The summed E-state index contributed by atoms with van der Waals surface area (Å²) in [4.78, 5) is 0. The van der Waals surface area contributed by atoms with Crippen LogP contribution in [0.5, 0.6) is 11.5 Å². The standard InChI is InChI=1S/C17H25NO3/c1-20-13-5-6-14(15(8-13)21-2)16(19)17(10-18)9-11-3-4-12(17)7-11/h5-6,8,11-12,16,19H,3-4,7,9-10,18H2,1-2H3. The molecule has 4 nitrogen and oxygen atoms in total. The van der Waals surface area contributed by atoms with Gasteiger partial charge >= 0.3 is 0 Å². The fourth-order valence-corrected chi connectivity index (χ4v) is 4.54. The fraction of sp³-hybridized carbons (Fsp3) is 0.647. The highest BCUT2D eigenvalue weighted by Crippen LogP contribution is 2.61. The van der Waals surface area contributed by atoms with Crippen LogP contribution in [0.25, 0.3) is 0 Å². The second-order valence-electron chi connectivity index (χ2n) is 6.53. The predicted molar refractivity (Wildman–Crippen MR) is 81.4 cm³/mol. The van der Waals surface area contributed by atoms with Gasteiger partial charge in [-0.2, -0.15) is 0 Å². The molecule has 0 saturated heterocycles. The number of hydrogen-bond acceptors (Lipinski definition) is 4. The molecule has 0 heterocycles. The van der Waals surface area contributed by atoms with E-state index in [1.54, 1.807) is 14.2 Å². The van der Waals surface area contributed by atoms with E-state index in [9.17, 15) is 5.11 Å². The Kier molecular flexibility index (Phi) is 3.84. The van der Waals surface area contributed by atoms with Gasteiger partial charge in [0.1, 0.15) is 11.5 Å². The largest absolute Gasteiger partial charge is 0.497 e. The first-order valence-electron chi connectivity index (χ1n) is 7.74. The number of aliphatic hydroxyl groups excluding tert-OH is 1. The molecule has 4 atom stereocenters. The zero-order valence-electron chi connectivity index (χ0n) is 12.8. The summed E-state index contributed by atoms with van der Waals surface area (Å²) in [7, 11) is 3.25. The van der Waals surface area contributed by atoms with E-state index in [0.29, 0.717) is 18.2 Å². The highest BCUT2D eigenvalue weighted by Gasteiger charge is 2.54. The smallest absolute Gasteiger partial charge is 0.128 e. The maximum atomic E-state index is 11.1. The third-order valence-corrected chi connectivity index (χ3v) is 5.68. The molecule has 2 aliphatic carbocycles. The monoisotopic (exact) mass is 291 g/mol. The van der Waals surface area contributed by atoms with Crippen molar-refractivity contribution in [2.75, 3.05) is 20.8 Å². The average Bonchev–Trinajstić information content (AvgIpc) is 3.14. The minimum Gasteiger partial charge on any atom is -0.497 e. The van der Waals surface area contributed by atoms with Crippen molar-refractivity contribution in [1.82, 2.24) is 0 Å². The summed E-state index contributed by atoms with van der Waals surface area (Å²) in [5.74, 6) is 2.68. The van der Waals surface area contributed by atoms with Gasteiger partial charge in [-0.25, -0.2) is 0 Å². The predicted octanol–water partition coefficient (Wildman–Crippen LogP) is 2.50. The molecule has 0 aliphatic heterocycles. The fourth-order valence-electron chi connectivity index (χ4n) is 4.54. The number of aliphatic hydroxyl groups is 1. The third-order valence-electron chi connectivity index (χ3n) is 5.68. The van der Waals surface area contributed by atoms with Gasteiger partial charge in [-0.1, -0.05) is 6.42 Å². The van der Waals surface area contributed by atoms with Gasteiger partial charge < -0.3 is 20.3 Å². The Morgan fingerprint density at radius 2 is 2.14 bits per heavy atom. The van der Waals surface area contributed by atoms with Crippen molar-refractivity contribution in [2.24, 2.45) is 23.0 Å². The van der Waals surface area contributed by atoms with Gasteiger partial charge in [0.2, 0.25) is 0 Å². The van der Waals surface area contributed by atoms with Crippen LogP contribution in [0.1, 0.15) is 37.4 Å². The number of fused-ring (bicyclic) bond motifs is 2. The van der Waals surface area contributed by atoms with Gasteiger partial charge in [0.05, 0.1) is 20.3 Å². The van der Waals surface area contributed by atoms with E-state index in [1.165, 1.54) is 19.3 Å². The zero-order chi connectivity index (χ0) is 15.0. The van der Waals surface area contributed by atoms with Crippen LogP contribution in [0, 0.1) is 17.3 Å². The van der Waals surface area contributed by atoms with Crippen molar-refractivity contribution in [2.45, 2.75) is 31.8 Å². The van der Waals surface area contributed by atoms with Crippen LogP contribution in [0.15, 0.2) is 18.2 Å². The maximum Gasteiger partial charge on any atom is 0.128 e. The molecule has 116 valence electrons. The number of hydrogen-bond donors (Lipinski definition) is 2. The minimum absolute atomic E-state index is 0.190. The lowest BCUT2D eigenvalue weighted by atomic mass is 9.67. The van der Waals surface area contributed by atoms with Crippen LogP contribution in [0.2, 0.25) is 0 Å². The van der Waals surface area contributed by atoms with E-state index in [0.717, 1.165) is 23.7 Å². The molecule has 4 heteroatoms. The summed E-state index contributed by atoms with van der Waals surface area (Å²) in [6.07, 6.45) is 4.16. The summed E-state index contributed by atoms with van der Waals surface area (Å²) >= 11 is 0. The van der Waals surface area contributed by atoms with Crippen LogP contribution in [0.4, 0.5) is 0 Å². The molecule has 0 amide bonds. The molecule has 2 aliphatic rings. The van der Waals surface area contributed by atoms with Gasteiger partial charge in [-0.3, -0.25) is 0 Å². The van der Waals surface area contributed by atoms with Crippen molar-refractivity contribution in [1.29, 1.82) is 0 Å². The second-order valence-corrected chi connectivity index (χ2v) is 6.53. The molecule has 1 aromatic rings. The van der Waals surface area contributed by atoms with E-state index < -0.39 is 6.10 Å². The molecule has 21 heavy (non-hydrogen) atoms. The highest BCUT2D eigenvalue weighted by atomic mass is 16.5. The molecular weight excluding hydrogens is 266 g/mol. The van der Waals surface area contributed by atoms with E-state index in [2.05, 4.69) is 0 Å². The lowest BCUT2D eigenvalue weighted by Gasteiger charge is -2.41. The Balaban J connectivity index is 1.95. The summed E-state index contributed by atoms with van der Waals surface area (Å²) in [5.41, 5.74) is 6.76. The van der Waals surface area contributed by atoms with E-state index in [-0.39, 0.29) is 5.41 Å². The SMILES string of the molecule is COc1ccc(C(O)C2(CN)CC3CCC2C3)c(OC)c1. The normalized spacial score (nSPS) is 32.2. The minimum atomic E-state index is -0.571. The molecule has 4 unspecified atom stereocenters. The molecule has 3 N–H and O–H groups in total. The molecule has 2 fully saturated rings. The molecule has 1 aromatic carbocycles. The van der Waals surface area contributed by atoms with Crippen molar-refractivity contribution in [3.8, 4) is 11.5 Å². The van der Waals surface area contributed by atoms with Crippen molar-refractivity contribution >= 4 is 0 Å². The van der Waals surface area contributed by atoms with Crippen molar-refractivity contribution in [3.05, 3.63) is 23.8 Å². The summed E-state index contributed by atoms with van der Waals surface area (Å²) in [6.45, 7) is 0.532. The van der Waals surface area contributed by atoms with Gasteiger partial charge in [0.25, 0.3) is 0 Å². The van der Waals surface area contributed by atoms with Crippen LogP contribution in [-0.2, 0) is 0 Å². The Labute approximate surface area is 126 Å².